The Hall–Kier alpha value is -2.67. The van der Waals surface area contributed by atoms with Crippen LogP contribution < -0.4 is 10.6 Å². The minimum Gasteiger partial charge on any atom is -0.481 e. The highest BCUT2D eigenvalue weighted by molar-refractivity contribution is 5.94. The lowest BCUT2D eigenvalue weighted by molar-refractivity contribution is -0.246. The molecule has 0 spiro atoms. The molecule has 53 heavy (non-hydrogen) atoms. The number of amides is 2. The van der Waals surface area contributed by atoms with E-state index in [-0.39, 0.29) is 57.0 Å². The van der Waals surface area contributed by atoms with Crippen molar-refractivity contribution in [1.29, 1.82) is 0 Å². The van der Waals surface area contributed by atoms with Crippen LogP contribution in [-0.2, 0) is 16.0 Å². The molecule has 2 amide bonds. The highest BCUT2D eigenvalue weighted by atomic mass is 16.4. The number of aliphatic hydroxyl groups excluding tert-OH is 1. The SMILES string of the molecule is C=C(C)[C@@H]1CC[C@]2(C(=O)NCCc3cccc(C(=O)NC4CCC(C(=O)O)CC4)c3)CC[C@]3(C)C(CCC4[C@@]5(C)CC[C@H](O)C(C)(C)C5CC[C@]43C)C12. The Morgan fingerprint density at radius 1 is 0.830 bits per heavy atom. The first-order valence-electron chi connectivity index (χ1n) is 21.2. The highest BCUT2D eigenvalue weighted by Gasteiger charge is 2.71. The molecule has 10 atom stereocenters. The van der Waals surface area contributed by atoms with Crippen molar-refractivity contribution in [1.82, 2.24) is 10.6 Å². The first kappa shape index (κ1) is 38.6. The van der Waals surface area contributed by atoms with Crippen LogP contribution in [0.4, 0.5) is 0 Å². The zero-order valence-corrected chi connectivity index (χ0v) is 33.6. The van der Waals surface area contributed by atoms with Gasteiger partial charge in [-0.2, -0.15) is 0 Å². The number of hydrogen-bond donors (Lipinski definition) is 4. The van der Waals surface area contributed by atoms with E-state index < -0.39 is 5.97 Å². The number of aliphatic hydroxyl groups is 1. The number of hydrogen-bond acceptors (Lipinski definition) is 4. The van der Waals surface area contributed by atoms with Crippen molar-refractivity contribution in [2.24, 2.45) is 62.6 Å². The summed E-state index contributed by atoms with van der Waals surface area (Å²) in [5, 5.41) is 27.0. The second-order valence-electron chi connectivity index (χ2n) is 20.3. The molecule has 0 aromatic heterocycles. The number of rotatable bonds is 8. The maximum absolute atomic E-state index is 14.6. The molecule has 0 aliphatic heterocycles. The summed E-state index contributed by atoms with van der Waals surface area (Å²) in [7, 11) is 0. The Kier molecular flexibility index (Phi) is 10.1. The number of carboxylic acid groups (broad SMARTS) is 1. The van der Waals surface area contributed by atoms with E-state index in [2.05, 4.69) is 58.8 Å². The van der Waals surface area contributed by atoms with Crippen molar-refractivity contribution in [2.45, 2.75) is 150 Å². The molecule has 0 bridgehead atoms. The number of carbonyl (C=O) groups excluding carboxylic acids is 2. The van der Waals surface area contributed by atoms with Gasteiger partial charge in [-0.25, -0.2) is 0 Å². The van der Waals surface area contributed by atoms with Crippen LogP contribution in [-0.4, -0.2) is 46.7 Å². The molecule has 292 valence electrons. The van der Waals surface area contributed by atoms with E-state index in [0.29, 0.717) is 73.8 Å². The van der Waals surface area contributed by atoms with Crippen LogP contribution in [0.5, 0.6) is 0 Å². The molecule has 0 heterocycles. The Labute approximate surface area is 318 Å². The molecular formula is C46H68N2O5. The fraction of sp³-hybridized carbons (Fsp3) is 0.761. The topological polar surface area (TPSA) is 116 Å². The Bertz CT molecular complexity index is 1610. The molecule has 6 fully saturated rings. The number of carbonyl (C=O) groups is 3. The van der Waals surface area contributed by atoms with E-state index in [9.17, 15) is 24.6 Å². The molecule has 1 aromatic rings. The van der Waals surface area contributed by atoms with Crippen molar-refractivity contribution in [3.05, 3.63) is 47.5 Å². The maximum atomic E-state index is 14.6. The maximum Gasteiger partial charge on any atom is 0.306 e. The molecule has 6 saturated carbocycles. The third-order valence-electron chi connectivity index (χ3n) is 17.8. The van der Waals surface area contributed by atoms with E-state index in [4.69, 9.17) is 0 Å². The van der Waals surface area contributed by atoms with Gasteiger partial charge in [0.2, 0.25) is 5.91 Å². The lowest BCUT2D eigenvalue weighted by Crippen LogP contribution is -2.67. The van der Waals surface area contributed by atoms with Crippen LogP contribution in [0.1, 0.15) is 147 Å². The van der Waals surface area contributed by atoms with Gasteiger partial charge in [0.05, 0.1) is 17.4 Å². The van der Waals surface area contributed by atoms with E-state index in [1.807, 2.05) is 24.3 Å². The van der Waals surface area contributed by atoms with Gasteiger partial charge in [0.15, 0.2) is 0 Å². The molecule has 7 nitrogen and oxygen atoms in total. The standard InChI is InChI=1S/C46H68N2O5/c1-28(2)33-17-23-46(41(53)47-26-20-29-9-8-10-31(27-29)39(50)48-32-13-11-30(12-14-32)40(51)52)25-24-44(6)34(38(33)46)15-16-36-43(5)21-19-37(49)42(3,4)35(43)18-22-45(36,44)7/h8-10,27,30,32-38,49H,1,11-26H2,2-7H3,(H,47,53)(H,48,50)(H,51,52)/t30?,32?,33-,34?,35?,36?,37-,38?,43-,44+,45+,46-/m0/s1. The zero-order chi connectivity index (χ0) is 38.1. The van der Waals surface area contributed by atoms with E-state index in [1.54, 1.807) is 0 Å². The summed E-state index contributed by atoms with van der Waals surface area (Å²) in [4.78, 5) is 39.1. The van der Waals surface area contributed by atoms with Gasteiger partial charge in [0.1, 0.15) is 0 Å². The summed E-state index contributed by atoms with van der Waals surface area (Å²) < 4.78 is 0. The Balaban J connectivity index is 1.04. The van der Waals surface area contributed by atoms with Crippen LogP contribution in [0.2, 0.25) is 0 Å². The molecule has 4 unspecified atom stereocenters. The minimum absolute atomic E-state index is 0.00391. The summed E-state index contributed by atoms with van der Waals surface area (Å²) in [5.41, 5.74) is 3.06. The highest BCUT2D eigenvalue weighted by Crippen LogP contribution is 2.77. The van der Waals surface area contributed by atoms with Crippen LogP contribution >= 0.6 is 0 Å². The van der Waals surface area contributed by atoms with Gasteiger partial charge >= 0.3 is 5.97 Å². The quantitative estimate of drug-likeness (QED) is 0.200. The van der Waals surface area contributed by atoms with Gasteiger partial charge in [0.25, 0.3) is 5.91 Å². The normalized spacial score (nSPS) is 42.9. The van der Waals surface area contributed by atoms with Gasteiger partial charge in [-0.1, -0.05) is 58.9 Å². The van der Waals surface area contributed by atoms with Gasteiger partial charge in [-0.3, -0.25) is 14.4 Å². The average Bonchev–Trinajstić information content (AvgIpc) is 3.52. The largest absolute Gasteiger partial charge is 0.481 e. The monoisotopic (exact) mass is 729 g/mol. The number of benzene rings is 1. The summed E-state index contributed by atoms with van der Waals surface area (Å²) in [6.45, 7) is 19.8. The van der Waals surface area contributed by atoms with Gasteiger partial charge < -0.3 is 20.8 Å². The molecule has 7 rings (SSSR count). The Morgan fingerprint density at radius 2 is 1.57 bits per heavy atom. The third kappa shape index (κ3) is 6.12. The van der Waals surface area contributed by atoms with Crippen LogP contribution in [0.15, 0.2) is 36.4 Å². The summed E-state index contributed by atoms with van der Waals surface area (Å²) in [6, 6.07) is 7.72. The van der Waals surface area contributed by atoms with Gasteiger partial charge in [-0.05, 0) is 172 Å². The number of carboxylic acids is 1. The fourth-order valence-electron chi connectivity index (χ4n) is 14.6. The van der Waals surface area contributed by atoms with Crippen molar-refractivity contribution in [3.63, 3.8) is 0 Å². The smallest absolute Gasteiger partial charge is 0.306 e. The summed E-state index contributed by atoms with van der Waals surface area (Å²) in [5.74, 6) is 1.41. The molecule has 6 aliphatic carbocycles. The van der Waals surface area contributed by atoms with Crippen LogP contribution in [0.25, 0.3) is 0 Å². The molecule has 6 aliphatic rings. The van der Waals surface area contributed by atoms with Gasteiger partial charge in [-0.15, -0.1) is 0 Å². The number of allylic oxidation sites excluding steroid dienone is 1. The lowest BCUT2D eigenvalue weighted by Gasteiger charge is -2.72. The third-order valence-corrected chi connectivity index (χ3v) is 17.8. The minimum atomic E-state index is -0.741. The molecule has 0 saturated heterocycles. The van der Waals surface area contributed by atoms with E-state index in [0.717, 1.165) is 44.1 Å². The van der Waals surface area contributed by atoms with Crippen molar-refractivity contribution in [2.75, 3.05) is 6.54 Å². The van der Waals surface area contributed by atoms with E-state index >= 15 is 0 Å². The molecule has 1 aromatic carbocycles. The number of nitrogens with one attached hydrogen (secondary N) is 2. The summed E-state index contributed by atoms with van der Waals surface area (Å²) >= 11 is 0. The Morgan fingerprint density at radius 3 is 2.26 bits per heavy atom. The number of fused-ring (bicyclic) bond motifs is 7. The van der Waals surface area contributed by atoms with Crippen molar-refractivity contribution < 1.29 is 24.6 Å². The molecule has 7 heteroatoms. The molecule has 0 radical (unpaired) electrons. The zero-order valence-electron chi connectivity index (χ0n) is 33.6. The molecule has 4 N–H and O–H groups in total. The second-order valence-corrected chi connectivity index (χ2v) is 20.3. The lowest BCUT2D eigenvalue weighted by atomic mass is 9.32. The van der Waals surface area contributed by atoms with Crippen molar-refractivity contribution >= 4 is 17.8 Å². The van der Waals surface area contributed by atoms with Gasteiger partial charge in [0, 0.05) is 18.2 Å². The predicted molar refractivity (Wildman–Crippen MR) is 209 cm³/mol. The van der Waals surface area contributed by atoms with E-state index in [1.165, 1.54) is 31.3 Å². The van der Waals surface area contributed by atoms with Crippen LogP contribution in [0, 0.1) is 62.6 Å². The van der Waals surface area contributed by atoms with Crippen molar-refractivity contribution in [3.8, 4) is 0 Å². The average molecular weight is 729 g/mol. The fourth-order valence-corrected chi connectivity index (χ4v) is 14.6. The second kappa shape index (κ2) is 13.8. The summed E-state index contributed by atoms with van der Waals surface area (Å²) in [6.07, 6.45) is 13.9. The number of aliphatic carboxylic acids is 1. The molecular weight excluding hydrogens is 661 g/mol. The first-order valence-corrected chi connectivity index (χ1v) is 21.2. The first-order chi connectivity index (χ1) is 25.0. The predicted octanol–water partition coefficient (Wildman–Crippen LogP) is 8.74. The van der Waals surface area contributed by atoms with Crippen LogP contribution in [0.3, 0.4) is 0 Å².